The standard InChI is InChI=1S/C14H15NO2/c1-2-3-9-13(16)12(10-15)14(17)11-7-5-4-6-8-11/h4-8,12H,2-3,9H2,1H3. The lowest BCUT2D eigenvalue weighted by molar-refractivity contribution is -0.120. The van der Waals surface area contributed by atoms with Crippen molar-refractivity contribution >= 4 is 11.6 Å². The maximum Gasteiger partial charge on any atom is 0.187 e. The Morgan fingerprint density at radius 2 is 1.94 bits per heavy atom. The fourth-order valence-corrected chi connectivity index (χ4v) is 1.54. The third kappa shape index (κ3) is 3.53. The van der Waals surface area contributed by atoms with Crippen LogP contribution in [0.2, 0.25) is 0 Å². The molecule has 0 N–H and O–H groups in total. The minimum absolute atomic E-state index is 0.275. The van der Waals surface area contributed by atoms with Crippen LogP contribution in [0.4, 0.5) is 0 Å². The molecule has 3 nitrogen and oxygen atoms in total. The van der Waals surface area contributed by atoms with E-state index in [9.17, 15) is 9.59 Å². The number of carbonyl (C=O) groups excluding carboxylic acids is 2. The molecule has 0 aliphatic carbocycles. The predicted molar refractivity (Wildman–Crippen MR) is 64.4 cm³/mol. The van der Waals surface area contributed by atoms with E-state index in [1.54, 1.807) is 30.3 Å². The lowest BCUT2D eigenvalue weighted by Crippen LogP contribution is -2.22. The van der Waals surface area contributed by atoms with Crippen molar-refractivity contribution in [1.29, 1.82) is 5.26 Å². The summed E-state index contributed by atoms with van der Waals surface area (Å²) >= 11 is 0. The molecule has 0 amide bonds. The molecule has 0 aliphatic heterocycles. The van der Waals surface area contributed by atoms with Crippen LogP contribution in [0, 0.1) is 17.2 Å². The Bertz CT molecular complexity index is 431. The molecule has 0 aliphatic rings. The van der Waals surface area contributed by atoms with E-state index >= 15 is 0 Å². The second kappa shape index (κ2) is 6.59. The number of rotatable bonds is 6. The number of Topliss-reactive ketones (excluding diaryl/α,β-unsaturated/α-hetero) is 2. The molecule has 0 heterocycles. The third-order valence-corrected chi connectivity index (χ3v) is 2.55. The van der Waals surface area contributed by atoms with Gasteiger partial charge in [0.2, 0.25) is 0 Å². The van der Waals surface area contributed by atoms with E-state index < -0.39 is 11.7 Å². The van der Waals surface area contributed by atoms with Gasteiger partial charge in [-0.05, 0) is 6.42 Å². The van der Waals surface area contributed by atoms with Crippen LogP contribution in [0.25, 0.3) is 0 Å². The minimum Gasteiger partial charge on any atom is -0.298 e. The highest BCUT2D eigenvalue weighted by molar-refractivity contribution is 6.12. The zero-order chi connectivity index (χ0) is 12.7. The van der Waals surface area contributed by atoms with Crippen LogP contribution >= 0.6 is 0 Å². The number of nitrogens with zero attached hydrogens (tertiary/aromatic N) is 1. The Morgan fingerprint density at radius 1 is 1.29 bits per heavy atom. The summed E-state index contributed by atoms with van der Waals surface area (Å²) in [5.41, 5.74) is 0.420. The smallest absolute Gasteiger partial charge is 0.187 e. The van der Waals surface area contributed by atoms with Crippen LogP contribution in [0.1, 0.15) is 36.5 Å². The van der Waals surface area contributed by atoms with Gasteiger partial charge in [0.05, 0.1) is 6.07 Å². The Morgan fingerprint density at radius 3 is 2.47 bits per heavy atom. The monoisotopic (exact) mass is 229 g/mol. The van der Waals surface area contributed by atoms with E-state index in [0.717, 1.165) is 12.8 Å². The highest BCUT2D eigenvalue weighted by Crippen LogP contribution is 2.12. The quantitative estimate of drug-likeness (QED) is 0.556. The van der Waals surface area contributed by atoms with Gasteiger partial charge in [0.25, 0.3) is 0 Å². The second-order valence-corrected chi connectivity index (χ2v) is 3.86. The molecule has 0 saturated carbocycles. The van der Waals surface area contributed by atoms with Crippen LogP contribution < -0.4 is 0 Å². The molecule has 1 atom stereocenters. The third-order valence-electron chi connectivity index (χ3n) is 2.55. The lowest BCUT2D eigenvalue weighted by Gasteiger charge is -2.06. The van der Waals surface area contributed by atoms with Crippen molar-refractivity contribution in [3.05, 3.63) is 35.9 Å². The number of carbonyl (C=O) groups is 2. The largest absolute Gasteiger partial charge is 0.298 e. The van der Waals surface area contributed by atoms with E-state index in [2.05, 4.69) is 0 Å². The van der Waals surface area contributed by atoms with Crippen LogP contribution in [0.3, 0.4) is 0 Å². The van der Waals surface area contributed by atoms with E-state index in [-0.39, 0.29) is 5.78 Å². The molecule has 0 spiro atoms. The van der Waals surface area contributed by atoms with E-state index in [4.69, 9.17) is 5.26 Å². The van der Waals surface area contributed by atoms with Gasteiger partial charge in [-0.3, -0.25) is 9.59 Å². The zero-order valence-electron chi connectivity index (χ0n) is 9.85. The van der Waals surface area contributed by atoms with E-state index in [1.807, 2.05) is 13.0 Å². The Hall–Kier alpha value is -1.95. The zero-order valence-corrected chi connectivity index (χ0v) is 9.85. The Labute approximate surface area is 101 Å². The first-order chi connectivity index (χ1) is 8.20. The normalized spacial score (nSPS) is 11.5. The van der Waals surface area contributed by atoms with Crippen molar-refractivity contribution < 1.29 is 9.59 Å². The summed E-state index contributed by atoms with van der Waals surface area (Å²) in [6.45, 7) is 1.97. The summed E-state index contributed by atoms with van der Waals surface area (Å²) in [6, 6.07) is 10.3. The average Bonchev–Trinajstić information content (AvgIpc) is 2.38. The molecule has 1 aromatic rings. The van der Waals surface area contributed by atoms with Crippen molar-refractivity contribution in [2.45, 2.75) is 26.2 Å². The van der Waals surface area contributed by atoms with Crippen molar-refractivity contribution in [2.75, 3.05) is 0 Å². The van der Waals surface area contributed by atoms with Gasteiger partial charge in [-0.15, -0.1) is 0 Å². The first-order valence-corrected chi connectivity index (χ1v) is 5.72. The molecule has 0 bridgehead atoms. The van der Waals surface area contributed by atoms with Gasteiger partial charge < -0.3 is 0 Å². The molecule has 0 fully saturated rings. The van der Waals surface area contributed by atoms with Gasteiger partial charge in [0.1, 0.15) is 0 Å². The summed E-state index contributed by atoms with van der Waals surface area (Å²) in [7, 11) is 0. The molecule has 3 heteroatoms. The maximum atomic E-state index is 11.9. The summed E-state index contributed by atoms with van der Waals surface area (Å²) in [5, 5.41) is 8.94. The van der Waals surface area contributed by atoms with Gasteiger partial charge in [-0.2, -0.15) is 5.26 Å². The molecule has 0 aromatic heterocycles. The molecule has 1 unspecified atom stereocenters. The average molecular weight is 229 g/mol. The van der Waals surface area contributed by atoms with Crippen molar-refractivity contribution in [2.24, 2.45) is 5.92 Å². The Balaban J connectivity index is 2.79. The van der Waals surface area contributed by atoms with Gasteiger partial charge in [0, 0.05) is 12.0 Å². The summed E-state index contributed by atoms with van der Waals surface area (Å²) in [4.78, 5) is 23.6. The fraction of sp³-hybridized carbons (Fsp3) is 0.357. The molecule has 88 valence electrons. The topological polar surface area (TPSA) is 57.9 Å². The highest BCUT2D eigenvalue weighted by Gasteiger charge is 2.26. The SMILES string of the molecule is CCCCC(=O)C(C#N)C(=O)c1ccccc1. The van der Waals surface area contributed by atoms with Crippen molar-refractivity contribution in [3.63, 3.8) is 0 Å². The van der Waals surface area contributed by atoms with Gasteiger partial charge in [0.15, 0.2) is 17.5 Å². The maximum absolute atomic E-state index is 11.9. The second-order valence-electron chi connectivity index (χ2n) is 3.86. The van der Waals surface area contributed by atoms with Crippen LogP contribution in [0.15, 0.2) is 30.3 Å². The first-order valence-electron chi connectivity index (χ1n) is 5.72. The number of hydrogen-bond acceptors (Lipinski definition) is 3. The lowest BCUT2D eigenvalue weighted by atomic mass is 9.92. The molecular formula is C14H15NO2. The first kappa shape index (κ1) is 13.1. The molecule has 0 saturated heterocycles. The van der Waals surface area contributed by atoms with Crippen LogP contribution in [-0.2, 0) is 4.79 Å². The van der Waals surface area contributed by atoms with E-state index in [0.29, 0.717) is 12.0 Å². The number of nitriles is 1. The number of unbranched alkanes of at least 4 members (excludes halogenated alkanes) is 1. The van der Waals surface area contributed by atoms with Gasteiger partial charge >= 0.3 is 0 Å². The number of ketones is 2. The number of benzene rings is 1. The van der Waals surface area contributed by atoms with Crippen molar-refractivity contribution in [1.82, 2.24) is 0 Å². The molecule has 1 rings (SSSR count). The molecule has 1 aromatic carbocycles. The molecule has 17 heavy (non-hydrogen) atoms. The van der Waals surface area contributed by atoms with Crippen LogP contribution in [-0.4, -0.2) is 11.6 Å². The summed E-state index contributed by atoms with van der Waals surface area (Å²) in [5.74, 6) is -1.82. The van der Waals surface area contributed by atoms with Crippen LogP contribution in [0.5, 0.6) is 0 Å². The van der Waals surface area contributed by atoms with Gasteiger partial charge in [-0.1, -0.05) is 43.7 Å². The number of hydrogen-bond donors (Lipinski definition) is 0. The Kier molecular flexibility index (Phi) is 5.09. The summed E-state index contributed by atoms with van der Waals surface area (Å²) in [6.07, 6.45) is 1.90. The molecule has 0 radical (unpaired) electrons. The van der Waals surface area contributed by atoms with E-state index in [1.165, 1.54) is 0 Å². The minimum atomic E-state index is -1.15. The highest BCUT2D eigenvalue weighted by atomic mass is 16.1. The predicted octanol–water partition coefficient (Wildman–Crippen LogP) is 2.77. The summed E-state index contributed by atoms with van der Waals surface area (Å²) < 4.78 is 0. The van der Waals surface area contributed by atoms with Gasteiger partial charge in [-0.25, -0.2) is 0 Å². The fourth-order valence-electron chi connectivity index (χ4n) is 1.54. The molecular weight excluding hydrogens is 214 g/mol. The van der Waals surface area contributed by atoms with Crippen molar-refractivity contribution in [3.8, 4) is 6.07 Å².